The molecule has 0 radical (unpaired) electrons. The molecule has 1 heterocycles. The highest BCUT2D eigenvalue weighted by atomic mass is 15.2. The molecule has 2 aromatic rings. The van der Waals surface area contributed by atoms with Crippen LogP contribution in [0.15, 0.2) is 54.6 Å². The zero-order chi connectivity index (χ0) is 14.9. The summed E-state index contributed by atoms with van der Waals surface area (Å²) in [5.74, 6) is 1.59. The Labute approximate surface area is 132 Å². The molecule has 2 aliphatic rings. The summed E-state index contributed by atoms with van der Waals surface area (Å²) < 4.78 is 0. The highest BCUT2D eigenvalue weighted by Gasteiger charge is 2.40. The predicted molar refractivity (Wildman–Crippen MR) is 91.3 cm³/mol. The fourth-order valence-corrected chi connectivity index (χ4v) is 4.22. The third-order valence-electron chi connectivity index (χ3n) is 5.46. The summed E-state index contributed by atoms with van der Waals surface area (Å²) in [6.45, 7) is 3.49. The monoisotopic (exact) mass is 292 g/mol. The number of benzene rings is 2. The van der Waals surface area contributed by atoms with Gasteiger partial charge in [0.1, 0.15) is 0 Å². The molecule has 22 heavy (non-hydrogen) atoms. The molecule has 1 saturated carbocycles. The maximum absolute atomic E-state index is 6.23. The van der Waals surface area contributed by atoms with E-state index >= 15 is 0 Å². The van der Waals surface area contributed by atoms with Gasteiger partial charge in [0, 0.05) is 25.7 Å². The van der Waals surface area contributed by atoms with E-state index < -0.39 is 0 Å². The molecule has 2 nitrogen and oxygen atoms in total. The van der Waals surface area contributed by atoms with Gasteiger partial charge in [-0.1, -0.05) is 54.6 Å². The second kappa shape index (κ2) is 5.86. The van der Waals surface area contributed by atoms with Crippen LogP contribution in [0.4, 0.5) is 0 Å². The van der Waals surface area contributed by atoms with Crippen molar-refractivity contribution in [2.45, 2.75) is 25.4 Å². The Morgan fingerprint density at radius 3 is 2.32 bits per heavy atom. The number of likely N-dealkylation sites (tertiary alicyclic amines) is 1. The molecular formula is C20H24N2. The Morgan fingerprint density at radius 2 is 1.59 bits per heavy atom. The van der Waals surface area contributed by atoms with Gasteiger partial charge in [-0.15, -0.1) is 0 Å². The van der Waals surface area contributed by atoms with Crippen LogP contribution in [-0.2, 0) is 6.54 Å². The minimum Gasteiger partial charge on any atom is -0.327 e. The Kier molecular flexibility index (Phi) is 3.73. The molecule has 3 atom stereocenters. The summed E-state index contributed by atoms with van der Waals surface area (Å²) in [5.41, 5.74) is 10.2. The van der Waals surface area contributed by atoms with Crippen LogP contribution in [0.25, 0.3) is 11.1 Å². The van der Waals surface area contributed by atoms with Crippen molar-refractivity contribution < 1.29 is 0 Å². The molecule has 0 bridgehead atoms. The zero-order valence-corrected chi connectivity index (χ0v) is 13.0. The lowest BCUT2D eigenvalue weighted by atomic mass is 9.98. The minimum absolute atomic E-state index is 0.440. The predicted octanol–water partition coefficient (Wildman–Crippen LogP) is 3.52. The Balaban J connectivity index is 1.42. The lowest BCUT2D eigenvalue weighted by Crippen LogP contribution is -2.30. The van der Waals surface area contributed by atoms with E-state index in [1.807, 2.05) is 0 Å². The lowest BCUT2D eigenvalue weighted by molar-refractivity contribution is 0.298. The standard InChI is InChI=1S/C20H24N2/c21-20-11-10-18-13-22(14-19(18)20)12-15-6-8-17(9-7-15)16-4-2-1-3-5-16/h1-9,18-20H,10-14,21H2. The van der Waals surface area contributed by atoms with Crippen LogP contribution in [0.2, 0.25) is 0 Å². The number of nitrogens with two attached hydrogens (primary N) is 1. The summed E-state index contributed by atoms with van der Waals surface area (Å²) in [6, 6.07) is 20.1. The van der Waals surface area contributed by atoms with Gasteiger partial charge in [0.05, 0.1) is 0 Å². The number of hydrogen-bond acceptors (Lipinski definition) is 2. The molecule has 2 heteroatoms. The van der Waals surface area contributed by atoms with E-state index in [2.05, 4.69) is 59.5 Å². The van der Waals surface area contributed by atoms with Crippen LogP contribution in [0.3, 0.4) is 0 Å². The summed E-state index contributed by atoms with van der Waals surface area (Å²) in [7, 11) is 0. The largest absolute Gasteiger partial charge is 0.327 e. The van der Waals surface area contributed by atoms with Crippen molar-refractivity contribution in [2.75, 3.05) is 13.1 Å². The average molecular weight is 292 g/mol. The maximum atomic E-state index is 6.23. The molecule has 2 aromatic carbocycles. The highest BCUT2D eigenvalue weighted by molar-refractivity contribution is 5.63. The SMILES string of the molecule is NC1CCC2CN(Cc3ccc(-c4ccccc4)cc3)CC12. The van der Waals surface area contributed by atoms with E-state index in [1.165, 1.54) is 42.6 Å². The van der Waals surface area contributed by atoms with E-state index in [0.29, 0.717) is 6.04 Å². The highest BCUT2D eigenvalue weighted by Crippen LogP contribution is 2.37. The summed E-state index contributed by atoms with van der Waals surface area (Å²) >= 11 is 0. The molecule has 0 aromatic heterocycles. The van der Waals surface area contributed by atoms with Crippen LogP contribution >= 0.6 is 0 Å². The first-order valence-corrected chi connectivity index (χ1v) is 8.42. The van der Waals surface area contributed by atoms with Crippen LogP contribution in [0.5, 0.6) is 0 Å². The molecule has 1 saturated heterocycles. The second-order valence-corrected chi connectivity index (χ2v) is 6.92. The molecular weight excluding hydrogens is 268 g/mol. The smallest absolute Gasteiger partial charge is 0.0233 e. The molecule has 3 unspecified atom stereocenters. The van der Waals surface area contributed by atoms with Gasteiger partial charge in [-0.2, -0.15) is 0 Å². The fraction of sp³-hybridized carbons (Fsp3) is 0.400. The van der Waals surface area contributed by atoms with Crippen molar-refractivity contribution in [3.8, 4) is 11.1 Å². The van der Waals surface area contributed by atoms with E-state index in [-0.39, 0.29) is 0 Å². The van der Waals surface area contributed by atoms with Crippen molar-refractivity contribution in [3.63, 3.8) is 0 Å². The molecule has 2 N–H and O–H groups in total. The number of rotatable bonds is 3. The quantitative estimate of drug-likeness (QED) is 0.938. The van der Waals surface area contributed by atoms with Crippen molar-refractivity contribution in [1.82, 2.24) is 4.90 Å². The van der Waals surface area contributed by atoms with Gasteiger partial charge in [-0.25, -0.2) is 0 Å². The van der Waals surface area contributed by atoms with E-state index in [9.17, 15) is 0 Å². The van der Waals surface area contributed by atoms with Gasteiger partial charge < -0.3 is 5.73 Å². The van der Waals surface area contributed by atoms with E-state index in [0.717, 1.165) is 18.4 Å². The number of nitrogens with zero attached hydrogens (tertiary/aromatic N) is 1. The fourth-order valence-electron chi connectivity index (χ4n) is 4.22. The minimum atomic E-state index is 0.440. The third kappa shape index (κ3) is 2.69. The first kappa shape index (κ1) is 14.0. The summed E-state index contributed by atoms with van der Waals surface area (Å²) in [6.07, 6.45) is 2.56. The lowest BCUT2D eigenvalue weighted by Gasteiger charge is -2.18. The molecule has 0 spiro atoms. The average Bonchev–Trinajstić information content (AvgIpc) is 3.11. The van der Waals surface area contributed by atoms with Gasteiger partial charge in [0.2, 0.25) is 0 Å². The van der Waals surface area contributed by atoms with Crippen LogP contribution in [0, 0.1) is 11.8 Å². The molecule has 2 fully saturated rings. The first-order chi connectivity index (χ1) is 10.8. The van der Waals surface area contributed by atoms with Crippen molar-refractivity contribution in [2.24, 2.45) is 17.6 Å². The topological polar surface area (TPSA) is 29.3 Å². The van der Waals surface area contributed by atoms with Crippen LogP contribution < -0.4 is 5.73 Å². The van der Waals surface area contributed by atoms with Crippen LogP contribution in [-0.4, -0.2) is 24.0 Å². The normalized spacial score (nSPS) is 28.0. The molecule has 114 valence electrons. The van der Waals surface area contributed by atoms with Gasteiger partial charge in [0.25, 0.3) is 0 Å². The van der Waals surface area contributed by atoms with Gasteiger partial charge >= 0.3 is 0 Å². The Bertz CT molecular complexity index is 620. The van der Waals surface area contributed by atoms with Crippen molar-refractivity contribution >= 4 is 0 Å². The van der Waals surface area contributed by atoms with Gasteiger partial charge in [-0.3, -0.25) is 4.90 Å². The molecule has 1 aliphatic heterocycles. The molecule has 1 aliphatic carbocycles. The third-order valence-corrected chi connectivity index (χ3v) is 5.46. The van der Waals surface area contributed by atoms with Crippen molar-refractivity contribution in [1.29, 1.82) is 0 Å². The van der Waals surface area contributed by atoms with Gasteiger partial charge in [-0.05, 0) is 41.4 Å². The second-order valence-electron chi connectivity index (χ2n) is 6.92. The Hall–Kier alpha value is -1.64. The van der Waals surface area contributed by atoms with E-state index in [1.54, 1.807) is 0 Å². The van der Waals surface area contributed by atoms with E-state index in [4.69, 9.17) is 5.73 Å². The molecule has 0 amide bonds. The number of fused-ring (bicyclic) bond motifs is 1. The summed E-state index contributed by atoms with van der Waals surface area (Å²) in [5, 5.41) is 0. The number of hydrogen-bond donors (Lipinski definition) is 1. The van der Waals surface area contributed by atoms with Gasteiger partial charge in [0.15, 0.2) is 0 Å². The van der Waals surface area contributed by atoms with Crippen molar-refractivity contribution in [3.05, 3.63) is 60.2 Å². The Morgan fingerprint density at radius 1 is 0.864 bits per heavy atom. The van der Waals surface area contributed by atoms with Crippen LogP contribution in [0.1, 0.15) is 18.4 Å². The summed E-state index contributed by atoms with van der Waals surface area (Å²) in [4.78, 5) is 2.59. The molecule has 4 rings (SSSR count). The zero-order valence-electron chi connectivity index (χ0n) is 13.0. The first-order valence-electron chi connectivity index (χ1n) is 8.42. The maximum Gasteiger partial charge on any atom is 0.0233 e.